The van der Waals surface area contributed by atoms with E-state index in [2.05, 4.69) is 22.6 Å². The summed E-state index contributed by atoms with van der Waals surface area (Å²) in [6.07, 6.45) is 4.52. The van der Waals surface area contributed by atoms with E-state index in [1.807, 2.05) is 13.0 Å². The summed E-state index contributed by atoms with van der Waals surface area (Å²) in [5.74, 6) is 0. The van der Waals surface area contributed by atoms with Gasteiger partial charge in [0.15, 0.2) is 0 Å². The van der Waals surface area contributed by atoms with Crippen LogP contribution in [0.4, 0.5) is 0 Å². The van der Waals surface area contributed by atoms with Gasteiger partial charge < -0.3 is 9.73 Å². The quantitative estimate of drug-likeness (QED) is 0.902. The number of furan rings is 1. The lowest BCUT2D eigenvalue weighted by Gasteiger charge is -2.13. The van der Waals surface area contributed by atoms with Gasteiger partial charge in [-0.1, -0.05) is 6.92 Å². The summed E-state index contributed by atoms with van der Waals surface area (Å²) < 4.78 is 5.04. The van der Waals surface area contributed by atoms with Crippen LogP contribution in [-0.2, 0) is 6.54 Å². The molecule has 0 saturated heterocycles. The molecular weight excluding hydrogens is 256 g/mol. The van der Waals surface area contributed by atoms with Gasteiger partial charge in [-0.05, 0) is 19.4 Å². The number of thiazole rings is 1. The molecule has 0 aliphatic rings. The zero-order valence-corrected chi connectivity index (χ0v) is 11.6. The van der Waals surface area contributed by atoms with Gasteiger partial charge in [-0.25, -0.2) is 4.98 Å². The van der Waals surface area contributed by atoms with Gasteiger partial charge in [-0.15, -0.1) is 23.7 Å². The second kappa shape index (κ2) is 6.79. The number of nitrogens with one attached hydrogen (secondary N) is 1. The molecule has 2 aromatic rings. The van der Waals surface area contributed by atoms with Crippen LogP contribution in [0.1, 0.15) is 35.7 Å². The van der Waals surface area contributed by atoms with Crippen molar-refractivity contribution in [3.8, 4) is 0 Å². The Labute approximate surface area is 112 Å². The summed E-state index contributed by atoms with van der Waals surface area (Å²) in [7, 11) is 0. The topological polar surface area (TPSA) is 38.1 Å². The molecule has 1 unspecified atom stereocenters. The van der Waals surface area contributed by atoms with Crippen LogP contribution in [0.15, 0.2) is 28.4 Å². The van der Waals surface area contributed by atoms with Crippen LogP contribution in [0.3, 0.4) is 0 Å². The van der Waals surface area contributed by atoms with Crippen molar-refractivity contribution in [1.29, 1.82) is 0 Å². The number of aromatic nitrogens is 1. The van der Waals surface area contributed by atoms with Crippen LogP contribution in [0.25, 0.3) is 0 Å². The maximum atomic E-state index is 5.04. The van der Waals surface area contributed by atoms with Gasteiger partial charge in [-0.2, -0.15) is 0 Å². The van der Waals surface area contributed by atoms with Gasteiger partial charge in [0.25, 0.3) is 0 Å². The number of nitrogens with zero attached hydrogens (tertiary/aromatic N) is 1. The van der Waals surface area contributed by atoms with E-state index in [0.717, 1.165) is 18.7 Å². The smallest absolute Gasteiger partial charge is 0.110 e. The Morgan fingerprint density at radius 1 is 1.53 bits per heavy atom. The summed E-state index contributed by atoms with van der Waals surface area (Å²) in [4.78, 5) is 4.51. The van der Waals surface area contributed by atoms with Crippen LogP contribution >= 0.6 is 23.7 Å². The third kappa shape index (κ3) is 3.84. The molecule has 1 N–H and O–H groups in total. The molecule has 2 rings (SSSR count). The van der Waals surface area contributed by atoms with Gasteiger partial charge in [-0.3, -0.25) is 0 Å². The third-order valence-corrected chi connectivity index (χ3v) is 3.55. The molecular formula is C12H17ClN2OS. The van der Waals surface area contributed by atoms with Crippen LogP contribution in [0, 0.1) is 6.92 Å². The summed E-state index contributed by atoms with van der Waals surface area (Å²) in [5.41, 5.74) is 2.27. The second-order valence-corrected chi connectivity index (χ2v) is 4.69. The lowest BCUT2D eigenvalue weighted by Crippen LogP contribution is -2.19. The lowest BCUT2D eigenvalue weighted by molar-refractivity contribution is 0.509. The van der Waals surface area contributed by atoms with Crippen molar-refractivity contribution in [1.82, 2.24) is 10.3 Å². The van der Waals surface area contributed by atoms with Crippen LogP contribution in [0.5, 0.6) is 0 Å². The fraction of sp³-hybridized carbons (Fsp3) is 0.417. The highest BCUT2D eigenvalue weighted by Crippen LogP contribution is 2.21. The van der Waals surface area contributed by atoms with Gasteiger partial charge in [0, 0.05) is 23.2 Å². The first kappa shape index (κ1) is 14.2. The molecule has 0 fully saturated rings. The minimum atomic E-state index is 0. The van der Waals surface area contributed by atoms with Crippen LogP contribution in [0.2, 0.25) is 0 Å². The predicted molar refractivity (Wildman–Crippen MR) is 72.7 cm³/mol. The monoisotopic (exact) mass is 272 g/mol. The summed E-state index contributed by atoms with van der Waals surface area (Å²) >= 11 is 1.72. The van der Waals surface area contributed by atoms with Crippen molar-refractivity contribution in [3.05, 3.63) is 40.2 Å². The molecule has 0 bridgehead atoms. The maximum Gasteiger partial charge on any atom is 0.110 e. The molecule has 1 atom stereocenters. The van der Waals surface area contributed by atoms with E-state index >= 15 is 0 Å². The minimum absolute atomic E-state index is 0. The lowest BCUT2D eigenvalue weighted by atomic mass is 10.2. The Morgan fingerprint density at radius 2 is 2.35 bits per heavy atom. The number of hydrogen-bond donors (Lipinski definition) is 1. The number of rotatable bonds is 5. The molecule has 5 heteroatoms. The molecule has 0 aromatic carbocycles. The Hall–Kier alpha value is -0.840. The second-order valence-electron chi connectivity index (χ2n) is 3.80. The van der Waals surface area contributed by atoms with E-state index in [-0.39, 0.29) is 12.4 Å². The number of halogens is 1. The SMILES string of the molecule is CCC(NCc1ccoc1)c1nc(C)cs1.Cl. The molecule has 94 valence electrons. The number of aryl methyl sites for hydroxylation is 1. The first-order valence-corrected chi connectivity index (χ1v) is 6.34. The zero-order chi connectivity index (χ0) is 11.4. The molecule has 2 heterocycles. The first-order valence-electron chi connectivity index (χ1n) is 5.46. The van der Waals surface area contributed by atoms with Crippen LogP contribution < -0.4 is 5.32 Å². The van der Waals surface area contributed by atoms with Crippen molar-refractivity contribution in [2.75, 3.05) is 0 Å². The summed E-state index contributed by atoms with van der Waals surface area (Å²) in [6, 6.07) is 2.32. The van der Waals surface area contributed by atoms with Gasteiger partial charge in [0.2, 0.25) is 0 Å². The van der Waals surface area contributed by atoms with Crippen molar-refractivity contribution in [2.24, 2.45) is 0 Å². The highest BCUT2D eigenvalue weighted by atomic mass is 35.5. The molecule has 0 aliphatic carbocycles. The molecule has 3 nitrogen and oxygen atoms in total. The maximum absolute atomic E-state index is 5.04. The average Bonchev–Trinajstić information content (AvgIpc) is 2.91. The standard InChI is InChI=1S/C12H16N2OS.ClH/c1-3-11(12-14-9(2)8-16-12)13-6-10-4-5-15-7-10;/h4-5,7-8,11,13H,3,6H2,1-2H3;1H. The average molecular weight is 273 g/mol. The van der Waals surface area contributed by atoms with E-state index in [0.29, 0.717) is 6.04 Å². The normalized spacial score (nSPS) is 12.1. The van der Waals surface area contributed by atoms with E-state index in [9.17, 15) is 0 Å². The number of hydrogen-bond acceptors (Lipinski definition) is 4. The summed E-state index contributed by atoms with van der Waals surface area (Å²) in [5, 5.41) is 6.75. The Kier molecular flexibility index (Phi) is 5.68. The van der Waals surface area contributed by atoms with Gasteiger partial charge in [0.05, 0.1) is 18.6 Å². The minimum Gasteiger partial charge on any atom is -0.472 e. The highest BCUT2D eigenvalue weighted by Gasteiger charge is 2.12. The predicted octanol–water partition coefficient (Wildman–Crippen LogP) is 3.71. The molecule has 0 radical (unpaired) electrons. The van der Waals surface area contributed by atoms with Gasteiger partial charge >= 0.3 is 0 Å². The molecule has 0 amide bonds. The van der Waals surface area contributed by atoms with E-state index in [4.69, 9.17) is 4.42 Å². The van der Waals surface area contributed by atoms with Crippen LogP contribution in [-0.4, -0.2) is 4.98 Å². The Bertz CT molecular complexity index is 427. The molecule has 0 aliphatic heterocycles. The molecule has 2 aromatic heterocycles. The third-order valence-electron chi connectivity index (χ3n) is 2.48. The molecule has 17 heavy (non-hydrogen) atoms. The first-order chi connectivity index (χ1) is 7.79. The largest absolute Gasteiger partial charge is 0.472 e. The van der Waals surface area contributed by atoms with E-state index in [1.54, 1.807) is 23.9 Å². The van der Waals surface area contributed by atoms with E-state index in [1.165, 1.54) is 10.6 Å². The van der Waals surface area contributed by atoms with Gasteiger partial charge in [0.1, 0.15) is 5.01 Å². The fourth-order valence-corrected chi connectivity index (χ4v) is 2.53. The van der Waals surface area contributed by atoms with Crippen molar-refractivity contribution < 1.29 is 4.42 Å². The fourth-order valence-electron chi connectivity index (χ4n) is 1.57. The zero-order valence-electron chi connectivity index (χ0n) is 9.97. The van der Waals surface area contributed by atoms with Crippen molar-refractivity contribution in [2.45, 2.75) is 32.9 Å². The Morgan fingerprint density at radius 3 is 2.88 bits per heavy atom. The molecule has 0 spiro atoms. The Balaban J connectivity index is 0.00000144. The highest BCUT2D eigenvalue weighted by molar-refractivity contribution is 7.09. The summed E-state index contributed by atoms with van der Waals surface area (Å²) in [6.45, 7) is 5.03. The van der Waals surface area contributed by atoms with Crippen molar-refractivity contribution >= 4 is 23.7 Å². The van der Waals surface area contributed by atoms with Crippen molar-refractivity contribution in [3.63, 3.8) is 0 Å². The van der Waals surface area contributed by atoms with E-state index < -0.39 is 0 Å². The molecule has 0 saturated carbocycles.